The lowest BCUT2D eigenvalue weighted by atomic mass is 10.1. The highest BCUT2D eigenvalue weighted by Crippen LogP contribution is 2.33. The number of benzene rings is 1. The van der Waals surface area contributed by atoms with E-state index in [-0.39, 0.29) is 11.6 Å². The molecule has 1 amide bonds. The average molecular weight is 371 g/mol. The molecule has 1 N–H and O–H groups in total. The molecule has 0 fully saturated rings. The minimum Gasteiger partial charge on any atom is -0.481 e. The highest BCUT2D eigenvalue weighted by Gasteiger charge is 2.34. The van der Waals surface area contributed by atoms with Gasteiger partial charge in [0.1, 0.15) is 5.56 Å². The highest BCUT2D eigenvalue weighted by molar-refractivity contribution is 6.07. The van der Waals surface area contributed by atoms with Gasteiger partial charge in [-0.25, -0.2) is 4.98 Å². The van der Waals surface area contributed by atoms with E-state index < -0.39 is 33.8 Å². The Kier molecular flexibility index (Phi) is 7.06. The number of nitro groups is 1. The number of hydrogen-bond donors (Lipinski definition) is 1. The SMILES string of the molecule is CC.COc1cc(NC(=O)c2ccc(C(F)(F)F)cc2[N+](=O)[O-])ccn1. The smallest absolute Gasteiger partial charge is 0.416 e. The third kappa shape index (κ3) is 5.16. The Balaban J connectivity index is 0.00000163. The number of nitrogens with one attached hydrogen (secondary N) is 1. The van der Waals surface area contributed by atoms with Gasteiger partial charge >= 0.3 is 6.18 Å². The lowest BCUT2D eigenvalue weighted by Crippen LogP contribution is -2.15. The van der Waals surface area contributed by atoms with Crippen LogP contribution in [0.2, 0.25) is 0 Å². The van der Waals surface area contributed by atoms with E-state index in [0.29, 0.717) is 12.1 Å². The quantitative estimate of drug-likeness (QED) is 0.639. The normalized spacial score (nSPS) is 10.4. The second kappa shape index (κ2) is 8.79. The minimum absolute atomic E-state index is 0.190. The summed E-state index contributed by atoms with van der Waals surface area (Å²) in [5.74, 6) is -0.738. The summed E-state index contributed by atoms with van der Waals surface area (Å²) in [5.41, 5.74) is -2.43. The number of nitro benzene ring substituents is 1. The number of nitrogens with zero attached hydrogens (tertiary/aromatic N) is 2. The summed E-state index contributed by atoms with van der Waals surface area (Å²) >= 11 is 0. The molecule has 0 saturated carbocycles. The summed E-state index contributed by atoms with van der Waals surface area (Å²) in [7, 11) is 1.36. The topological polar surface area (TPSA) is 94.4 Å². The number of hydrogen-bond acceptors (Lipinski definition) is 5. The van der Waals surface area contributed by atoms with Crippen LogP contribution in [0.5, 0.6) is 5.88 Å². The molecule has 10 heteroatoms. The Morgan fingerprint density at radius 2 is 1.88 bits per heavy atom. The lowest BCUT2D eigenvalue weighted by Gasteiger charge is -2.09. The molecule has 0 aliphatic rings. The Hall–Kier alpha value is -3.17. The van der Waals surface area contributed by atoms with Crippen molar-refractivity contribution in [2.45, 2.75) is 20.0 Å². The number of anilines is 1. The van der Waals surface area contributed by atoms with Gasteiger partial charge in [-0.05, 0) is 18.2 Å². The summed E-state index contributed by atoms with van der Waals surface area (Å²) in [6.07, 6.45) is -3.42. The van der Waals surface area contributed by atoms with Gasteiger partial charge in [0.25, 0.3) is 11.6 Å². The van der Waals surface area contributed by atoms with Gasteiger partial charge in [0.2, 0.25) is 5.88 Å². The molecule has 0 spiro atoms. The van der Waals surface area contributed by atoms with Gasteiger partial charge in [-0.1, -0.05) is 13.8 Å². The number of ether oxygens (including phenoxy) is 1. The average Bonchev–Trinajstić information content (AvgIpc) is 2.62. The second-order valence-electron chi connectivity index (χ2n) is 4.53. The van der Waals surface area contributed by atoms with Crippen LogP contribution in [0.25, 0.3) is 0 Å². The van der Waals surface area contributed by atoms with Crippen molar-refractivity contribution in [2.24, 2.45) is 0 Å². The molecule has 140 valence electrons. The first-order valence-corrected chi connectivity index (χ1v) is 7.39. The molecule has 2 rings (SSSR count). The molecule has 0 unspecified atom stereocenters. The molecule has 7 nitrogen and oxygen atoms in total. The fraction of sp³-hybridized carbons (Fsp3) is 0.250. The van der Waals surface area contributed by atoms with Gasteiger partial charge in [0.05, 0.1) is 17.6 Å². The van der Waals surface area contributed by atoms with Crippen LogP contribution in [-0.4, -0.2) is 22.9 Å². The van der Waals surface area contributed by atoms with E-state index >= 15 is 0 Å². The molecule has 1 aromatic carbocycles. The van der Waals surface area contributed by atoms with Crippen LogP contribution in [0.4, 0.5) is 24.5 Å². The molecule has 0 atom stereocenters. The lowest BCUT2D eigenvalue weighted by molar-refractivity contribution is -0.385. The molecule has 0 aliphatic heterocycles. The number of rotatable bonds is 4. The van der Waals surface area contributed by atoms with E-state index in [1.807, 2.05) is 13.8 Å². The zero-order valence-corrected chi connectivity index (χ0v) is 14.1. The monoisotopic (exact) mass is 371 g/mol. The fourth-order valence-corrected chi connectivity index (χ4v) is 1.85. The second-order valence-corrected chi connectivity index (χ2v) is 4.53. The van der Waals surface area contributed by atoms with Gasteiger partial charge < -0.3 is 10.1 Å². The van der Waals surface area contributed by atoms with Crippen molar-refractivity contribution in [2.75, 3.05) is 12.4 Å². The third-order valence-electron chi connectivity index (χ3n) is 2.97. The number of alkyl halides is 3. The number of amides is 1. The van der Waals surface area contributed by atoms with Gasteiger partial charge in [-0.3, -0.25) is 14.9 Å². The number of halogens is 3. The molecule has 26 heavy (non-hydrogen) atoms. The summed E-state index contributed by atoms with van der Waals surface area (Å²) in [6.45, 7) is 4.00. The summed E-state index contributed by atoms with van der Waals surface area (Å²) in [6, 6.07) is 4.44. The van der Waals surface area contributed by atoms with Crippen LogP contribution in [-0.2, 0) is 6.18 Å². The number of aromatic nitrogens is 1. The summed E-state index contributed by atoms with van der Waals surface area (Å²) < 4.78 is 42.8. The van der Waals surface area contributed by atoms with Crippen molar-refractivity contribution in [1.82, 2.24) is 4.98 Å². The van der Waals surface area contributed by atoms with Crippen LogP contribution in [0.15, 0.2) is 36.5 Å². The Morgan fingerprint density at radius 3 is 2.42 bits per heavy atom. The minimum atomic E-state index is -4.75. The Bertz CT molecular complexity index is 795. The van der Waals surface area contributed by atoms with Crippen LogP contribution in [0.3, 0.4) is 0 Å². The molecule has 0 radical (unpaired) electrons. The van der Waals surface area contributed by atoms with Gasteiger partial charge in [0, 0.05) is 24.0 Å². The maximum Gasteiger partial charge on any atom is 0.416 e. The Labute approximate surface area is 147 Å². The van der Waals surface area contributed by atoms with Gasteiger partial charge in [0.15, 0.2) is 0 Å². The van der Waals surface area contributed by atoms with E-state index in [9.17, 15) is 28.1 Å². The largest absolute Gasteiger partial charge is 0.481 e. The molecule has 1 heterocycles. The molecular weight excluding hydrogens is 355 g/mol. The molecule has 1 aromatic heterocycles. The van der Waals surface area contributed by atoms with Crippen LogP contribution in [0, 0.1) is 10.1 Å². The Morgan fingerprint density at radius 1 is 1.23 bits per heavy atom. The zero-order chi connectivity index (χ0) is 19.9. The molecule has 2 aromatic rings. The zero-order valence-electron chi connectivity index (χ0n) is 14.1. The number of pyridine rings is 1. The van der Waals surface area contributed by atoms with E-state index in [1.54, 1.807) is 0 Å². The van der Waals surface area contributed by atoms with Gasteiger partial charge in [-0.2, -0.15) is 13.2 Å². The maximum atomic E-state index is 12.7. The molecule has 0 saturated heterocycles. The van der Waals surface area contributed by atoms with E-state index in [0.717, 1.165) is 6.07 Å². The van der Waals surface area contributed by atoms with E-state index in [2.05, 4.69) is 10.3 Å². The molecule has 0 bridgehead atoms. The standard InChI is InChI=1S/C14H10F3N3O4.C2H6/c1-24-12-7-9(4-5-18-12)19-13(21)10-3-2-8(14(15,16)17)6-11(10)20(22)23;1-2/h2-7H,1H3,(H,18,19,21);1-2H3. The third-order valence-corrected chi connectivity index (χ3v) is 2.97. The van der Waals surface area contributed by atoms with E-state index in [1.165, 1.54) is 25.4 Å². The van der Waals surface area contributed by atoms with Crippen LogP contribution in [0.1, 0.15) is 29.8 Å². The summed E-state index contributed by atoms with van der Waals surface area (Å²) in [4.78, 5) is 25.9. The first-order chi connectivity index (χ1) is 12.2. The van der Waals surface area contributed by atoms with Crippen LogP contribution < -0.4 is 10.1 Å². The first kappa shape index (κ1) is 20.9. The van der Waals surface area contributed by atoms with Crippen molar-refractivity contribution < 1.29 is 27.6 Å². The van der Waals surface area contributed by atoms with Crippen molar-refractivity contribution in [3.05, 3.63) is 57.8 Å². The van der Waals surface area contributed by atoms with Crippen molar-refractivity contribution in [3.8, 4) is 5.88 Å². The maximum absolute atomic E-state index is 12.7. The predicted octanol–water partition coefficient (Wildman–Crippen LogP) is 4.30. The summed E-state index contributed by atoms with van der Waals surface area (Å²) in [5, 5.41) is 13.3. The first-order valence-electron chi connectivity index (χ1n) is 7.39. The van der Waals surface area contributed by atoms with Crippen molar-refractivity contribution in [3.63, 3.8) is 0 Å². The van der Waals surface area contributed by atoms with Crippen molar-refractivity contribution in [1.29, 1.82) is 0 Å². The number of carbonyl (C=O) groups excluding carboxylic acids is 1. The molecular formula is C16H16F3N3O4. The molecule has 0 aliphatic carbocycles. The fourth-order valence-electron chi connectivity index (χ4n) is 1.85. The van der Waals surface area contributed by atoms with Crippen molar-refractivity contribution >= 4 is 17.3 Å². The number of methoxy groups -OCH3 is 1. The van der Waals surface area contributed by atoms with Gasteiger partial charge in [-0.15, -0.1) is 0 Å². The number of carbonyl (C=O) groups is 1. The predicted molar refractivity (Wildman–Crippen MR) is 88.2 cm³/mol. The van der Waals surface area contributed by atoms with Crippen LogP contribution >= 0.6 is 0 Å². The highest BCUT2D eigenvalue weighted by atomic mass is 19.4. The van der Waals surface area contributed by atoms with E-state index in [4.69, 9.17) is 4.74 Å².